The van der Waals surface area contributed by atoms with Crippen LogP contribution < -0.4 is 9.80 Å². The molecule has 63 heavy (non-hydrogen) atoms. The van der Waals surface area contributed by atoms with E-state index in [2.05, 4.69) is 247 Å². The third-order valence-corrected chi connectivity index (χ3v) is 13.6. The third kappa shape index (κ3) is 7.89. The van der Waals surface area contributed by atoms with Gasteiger partial charge < -0.3 is 9.80 Å². The summed E-state index contributed by atoms with van der Waals surface area (Å²) < 4.78 is 0. The molecule has 1 aliphatic carbocycles. The molecule has 9 rings (SSSR count). The molecule has 0 spiro atoms. The predicted molar refractivity (Wildman–Crippen MR) is 271 cm³/mol. The summed E-state index contributed by atoms with van der Waals surface area (Å²) in [7, 11) is 0. The normalized spacial score (nSPS) is 12.7. The van der Waals surface area contributed by atoms with E-state index in [1.165, 1.54) is 66.8 Å². The van der Waals surface area contributed by atoms with Crippen LogP contribution in [-0.4, -0.2) is 0 Å². The number of hydrogen-bond acceptors (Lipinski definition) is 2. The molecule has 0 bridgehead atoms. The van der Waals surface area contributed by atoms with Gasteiger partial charge in [-0.1, -0.05) is 139 Å². The molecule has 8 aromatic rings. The lowest BCUT2D eigenvalue weighted by molar-refractivity contribution is 0.491. The van der Waals surface area contributed by atoms with Gasteiger partial charge in [0, 0.05) is 39.5 Å². The Hall–Kier alpha value is -6.64. The van der Waals surface area contributed by atoms with Gasteiger partial charge in [-0.15, -0.1) is 0 Å². The lowest BCUT2D eigenvalue weighted by atomic mass is 9.73. The molecule has 0 aromatic heterocycles. The zero-order valence-electron chi connectivity index (χ0n) is 38.3. The fourth-order valence-electron chi connectivity index (χ4n) is 9.92. The smallest absolute Gasteiger partial charge is 0.0464 e. The molecule has 2 heteroatoms. The Morgan fingerprint density at radius 1 is 0.365 bits per heavy atom. The number of nitrogens with zero attached hydrogens (tertiary/aromatic N) is 2. The second-order valence-electron chi connectivity index (χ2n) is 18.2. The van der Waals surface area contributed by atoms with Gasteiger partial charge in [0.1, 0.15) is 0 Å². The summed E-state index contributed by atoms with van der Waals surface area (Å²) in [5.41, 5.74) is 22.7. The summed E-state index contributed by atoms with van der Waals surface area (Å²) in [6.07, 6.45) is 2.08. The van der Waals surface area contributed by atoms with Crippen LogP contribution >= 0.6 is 0 Å². The maximum absolute atomic E-state index is 2.49. The summed E-state index contributed by atoms with van der Waals surface area (Å²) in [6, 6.07) is 68.4. The highest BCUT2D eigenvalue weighted by atomic mass is 15.1. The van der Waals surface area contributed by atoms with E-state index in [1.807, 2.05) is 0 Å². The molecule has 0 aliphatic heterocycles. The van der Waals surface area contributed by atoms with Gasteiger partial charge in [0.15, 0.2) is 0 Å². The zero-order valence-corrected chi connectivity index (χ0v) is 38.3. The lowest BCUT2D eigenvalue weighted by Crippen LogP contribution is -2.23. The number of anilines is 6. The molecule has 0 atom stereocenters. The lowest BCUT2D eigenvalue weighted by Gasteiger charge is -2.30. The van der Waals surface area contributed by atoms with Gasteiger partial charge in [0.2, 0.25) is 0 Å². The molecular formula is C61H60N2. The first-order valence-corrected chi connectivity index (χ1v) is 23.0. The second-order valence-corrected chi connectivity index (χ2v) is 18.2. The molecular weight excluding hydrogens is 761 g/mol. The minimum Gasteiger partial charge on any atom is -0.310 e. The van der Waals surface area contributed by atoms with Gasteiger partial charge in [0.25, 0.3) is 0 Å². The summed E-state index contributed by atoms with van der Waals surface area (Å²) in [5, 5.41) is 0. The van der Waals surface area contributed by atoms with Crippen molar-refractivity contribution in [2.45, 2.75) is 85.5 Å². The van der Waals surface area contributed by atoms with E-state index >= 15 is 0 Å². The summed E-state index contributed by atoms with van der Waals surface area (Å²) in [4.78, 5) is 4.74. The monoisotopic (exact) mass is 820 g/mol. The Labute approximate surface area is 376 Å². The van der Waals surface area contributed by atoms with Crippen LogP contribution in [0.25, 0.3) is 33.4 Å². The molecule has 1 aliphatic rings. The standard InChI is InChI=1S/C61H60N2/c1-9-61(10-2)59-39-49(47-21-31-53(32-22-47)62(55-15-11-13-43(7)37-55)51-27-17-45(18-28-51)41(3)4)25-35-57(59)58-36-26-50(40-60(58)61)48-23-33-54(34-24-48)63(56-16-12-14-44(8)38-56)52-29-19-46(20-30-52)42(5)6/h11-42H,9-10H2,1-8H3. The number of benzene rings is 8. The van der Waals surface area contributed by atoms with Crippen LogP contribution in [0, 0.1) is 13.8 Å². The van der Waals surface area contributed by atoms with Crippen molar-refractivity contribution in [3.05, 3.63) is 215 Å². The zero-order chi connectivity index (χ0) is 43.8. The molecule has 0 heterocycles. The molecule has 8 aromatic carbocycles. The SMILES string of the molecule is CCC1(CC)c2cc(-c3ccc(N(c4ccc(C(C)C)cc4)c4cccc(C)c4)cc3)ccc2-c2ccc(-c3ccc(N(c4ccc(C(C)C)cc4)c4cccc(C)c4)cc3)cc21. The van der Waals surface area contributed by atoms with Crippen molar-refractivity contribution in [3.8, 4) is 33.4 Å². The Bertz CT molecular complexity index is 2660. The maximum Gasteiger partial charge on any atom is 0.0464 e. The number of rotatable bonds is 12. The predicted octanol–water partition coefficient (Wildman–Crippen LogP) is 17.9. The number of hydrogen-bond donors (Lipinski definition) is 0. The Morgan fingerprint density at radius 3 is 1.02 bits per heavy atom. The second kappa shape index (κ2) is 17.3. The third-order valence-electron chi connectivity index (χ3n) is 13.6. The van der Waals surface area contributed by atoms with Crippen LogP contribution in [0.5, 0.6) is 0 Å². The molecule has 0 unspecified atom stereocenters. The highest BCUT2D eigenvalue weighted by Gasteiger charge is 2.41. The Balaban J connectivity index is 1.03. The van der Waals surface area contributed by atoms with E-state index in [1.54, 1.807) is 0 Å². The van der Waals surface area contributed by atoms with Crippen molar-refractivity contribution in [1.82, 2.24) is 0 Å². The average molecular weight is 821 g/mol. The number of aryl methyl sites for hydroxylation is 2. The van der Waals surface area contributed by atoms with Crippen LogP contribution in [0.2, 0.25) is 0 Å². The van der Waals surface area contributed by atoms with Gasteiger partial charge in [0.05, 0.1) is 0 Å². The molecule has 314 valence electrons. The molecule has 0 saturated heterocycles. The topological polar surface area (TPSA) is 6.48 Å². The van der Waals surface area contributed by atoms with Gasteiger partial charge in [-0.25, -0.2) is 0 Å². The van der Waals surface area contributed by atoms with Crippen molar-refractivity contribution in [3.63, 3.8) is 0 Å². The van der Waals surface area contributed by atoms with E-state index in [0.717, 1.165) is 47.0 Å². The molecule has 0 amide bonds. The Morgan fingerprint density at radius 2 is 0.698 bits per heavy atom. The van der Waals surface area contributed by atoms with Crippen LogP contribution in [0.3, 0.4) is 0 Å². The van der Waals surface area contributed by atoms with Gasteiger partial charge >= 0.3 is 0 Å². The fourth-order valence-corrected chi connectivity index (χ4v) is 9.92. The molecule has 0 N–H and O–H groups in total. The van der Waals surface area contributed by atoms with Crippen LogP contribution in [0.15, 0.2) is 182 Å². The molecule has 0 saturated carbocycles. The first kappa shape index (κ1) is 41.7. The van der Waals surface area contributed by atoms with Crippen molar-refractivity contribution in [1.29, 1.82) is 0 Å². The molecule has 0 fully saturated rings. The van der Waals surface area contributed by atoms with Crippen LogP contribution in [0.4, 0.5) is 34.1 Å². The van der Waals surface area contributed by atoms with Crippen molar-refractivity contribution in [2.24, 2.45) is 0 Å². The minimum absolute atomic E-state index is 0.0647. The van der Waals surface area contributed by atoms with Gasteiger partial charge in [-0.2, -0.15) is 0 Å². The largest absolute Gasteiger partial charge is 0.310 e. The first-order valence-electron chi connectivity index (χ1n) is 23.0. The van der Waals surface area contributed by atoms with E-state index < -0.39 is 0 Å². The maximum atomic E-state index is 2.49. The summed E-state index contributed by atoms with van der Waals surface area (Å²) >= 11 is 0. The average Bonchev–Trinajstić information content (AvgIpc) is 3.58. The van der Waals surface area contributed by atoms with Crippen molar-refractivity contribution >= 4 is 34.1 Å². The first-order chi connectivity index (χ1) is 30.6. The quantitative estimate of drug-likeness (QED) is 0.121. The van der Waals surface area contributed by atoms with E-state index in [4.69, 9.17) is 0 Å². The highest BCUT2D eigenvalue weighted by molar-refractivity contribution is 5.87. The minimum atomic E-state index is -0.0647. The highest BCUT2D eigenvalue weighted by Crippen LogP contribution is 2.54. The molecule has 2 nitrogen and oxygen atoms in total. The van der Waals surface area contributed by atoms with Crippen molar-refractivity contribution in [2.75, 3.05) is 9.80 Å². The fraction of sp³-hybridized carbons (Fsp3) is 0.213. The summed E-state index contributed by atoms with van der Waals surface area (Å²) in [5.74, 6) is 0.982. The van der Waals surface area contributed by atoms with E-state index in [-0.39, 0.29) is 5.41 Å². The van der Waals surface area contributed by atoms with E-state index in [9.17, 15) is 0 Å². The molecule has 0 radical (unpaired) electrons. The van der Waals surface area contributed by atoms with E-state index in [0.29, 0.717) is 11.8 Å². The van der Waals surface area contributed by atoms with Crippen molar-refractivity contribution < 1.29 is 0 Å². The van der Waals surface area contributed by atoms with Gasteiger partial charge in [-0.05, 0) is 190 Å². The summed E-state index contributed by atoms with van der Waals surface area (Å²) in [6.45, 7) is 18.1. The van der Waals surface area contributed by atoms with Gasteiger partial charge in [-0.3, -0.25) is 0 Å². The number of fused-ring (bicyclic) bond motifs is 3. The van der Waals surface area contributed by atoms with Crippen LogP contribution in [0.1, 0.15) is 99.6 Å². The van der Waals surface area contributed by atoms with Crippen LogP contribution in [-0.2, 0) is 5.41 Å². The Kier molecular flexibility index (Phi) is 11.4.